The normalized spacial score (nSPS) is 14.2. The van der Waals surface area contributed by atoms with Crippen molar-refractivity contribution in [3.63, 3.8) is 0 Å². The summed E-state index contributed by atoms with van der Waals surface area (Å²) in [6.45, 7) is 7.92. The van der Waals surface area contributed by atoms with Crippen molar-refractivity contribution in [2.75, 3.05) is 13.2 Å². The Labute approximate surface area is 164 Å². The first-order chi connectivity index (χ1) is 13.4. The molecule has 2 aromatic carbocycles. The van der Waals surface area contributed by atoms with Gasteiger partial charge in [-0.2, -0.15) is 0 Å². The fourth-order valence-electron chi connectivity index (χ4n) is 2.99. The van der Waals surface area contributed by atoms with Gasteiger partial charge in [0.25, 0.3) is 0 Å². The van der Waals surface area contributed by atoms with E-state index >= 15 is 0 Å². The molecule has 0 unspecified atom stereocenters. The number of allylic oxidation sites excluding steroid dienone is 1. The summed E-state index contributed by atoms with van der Waals surface area (Å²) in [6.07, 6.45) is 1.74. The van der Waals surface area contributed by atoms with Crippen molar-refractivity contribution in [2.24, 2.45) is 0 Å². The number of fused-ring (bicyclic) bond motifs is 1. The van der Waals surface area contributed by atoms with E-state index in [0.717, 1.165) is 5.56 Å². The van der Waals surface area contributed by atoms with Gasteiger partial charge in [-0.1, -0.05) is 38.1 Å². The van der Waals surface area contributed by atoms with Crippen LogP contribution in [0.25, 0.3) is 6.08 Å². The molecule has 1 heterocycles. The maximum Gasteiger partial charge on any atom is 0.344 e. The lowest BCUT2D eigenvalue weighted by atomic mass is 10.0. The Morgan fingerprint density at radius 3 is 2.50 bits per heavy atom. The van der Waals surface area contributed by atoms with Gasteiger partial charge in [-0.3, -0.25) is 4.79 Å². The molecule has 0 spiro atoms. The van der Waals surface area contributed by atoms with E-state index < -0.39 is 5.97 Å². The van der Waals surface area contributed by atoms with Gasteiger partial charge >= 0.3 is 5.97 Å². The van der Waals surface area contributed by atoms with E-state index in [1.807, 2.05) is 12.1 Å². The second-order valence-electron chi connectivity index (χ2n) is 6.92. The Morgan fingerprint density at radius 1 is 1.14 bits per heavy atom. The van der Waals surface area contributed by atoms with Gasteiger partial charge in [0.2, 0.25) is 5.78 Å². The Balaban J connectivity index is 1.80. The molecule has 146 valence electrons. The molecule has 0 radical (unpaired) electrons. The lowest BCUT2D eigenvalue weighted by Crippen LogP contribution is -2.15. The Hall–Kier alpha value is -3.08. The van der Waals surface area contributed by atoms with Crippen molar-refractivity contribution in [1.29, 1.82) is 0 Å². The van der Waals surface area contributed by atoms with Crippen LogP contribution in [0.2, 0.25) is 0 Å². The van der Waals surface area contributed by atoms with Crippen molar-refractivity contribution >= 4 is 17.8 Å². The van der Waals surface area contributed by atoms with Crippen LogP contribution in [0, 0.1) is 6.92 Å². The molecule has 3 rings (SSSR count). The number of carbonyl (C=O) groups is 2. The molecule has 0 aromatic heterocycles. The molecule has 1 aliphatic heterocycles. The standard InChI is InChI=1S/C23H24O5/c1-5-26-21(24)13-27-19-11-10-18-22(25)20(28-23(18)15(19)4)12-16-6-8-17(9-7-16)14(2)3/h6-12,14H,5,13H2,1-4H3/b20-12-. The number of Topliss-reactive ketones (excluding diaryl/α,β-unsaturated/α-hetero) is 1. The maximum absolute atomic E-state index is 12.7. The highest BCUT2D eigenvalue weighted by molar-refractivity contribution is 6.15. The zero-order chi connectivity index (χ0) is 20.3. The van der Waals surface area contributed by atoms with E-state index in [1.54, 1.807) is 32.1 Å². The highest BCUT2D eigenvalue weighted by Gasteiger charge is 2.30. The number of rotatable bonds is 6. The molecule has 0 aliphatic carbocycles. The summed E-state index contributed by atoms with van der Waals surface area (Å²) < 4.78 is 16.2. The maximum atomic E-state index is 12.7. The number of carbonyl (C=O) groups excluding carboxylic acids is 2. The van der Waals surface area contributed by atoms with Gasteiger partial charge in [-0.25, -0.2) is 4.79 Å². The molecule has 2 aromatic rings. The largest absolute Gasteiger partial charge is 0.481 e. The summed E-state index contributed by atoms with van der Waals surface area (Å²) in [4.78, 5) is 24.2. The van der Waals surface area contributed by atoms with Crippen molar-refractivity contribution in [3.8, 4) is 11.5 Å². The number of benzene rings is 2. The molecular weight excluding hydrogens is 356 g/mol. The molecule has 5 heteroatoms. The predicted molar refractivity (Wildman–Crippen MR) is 107 cm³/mol. The first-order valence-electron chi connectivity index (χ1n) is 9.37. The van der Waals surface area contributed by atoms with Gasteiger partial charge in [0.1, 0.15) is 11.5 Å². The molecular formula is C23H24O5. The monoisotopic (exact) mass is 380 g/mol. The average Bonchev–Trinajstić information content (AvgIpc) is 2.98. The smallest absolute Gasteiger partial charge is 0.344 e. The van der Waals surface area contributed by atoms with Crippen molar-refractivity contribution in [2.45, 2.75) is 33.6 Å². The van der Waals surface area contributed by atoms with Crippen LogP contribution in [-0.4, -0.2) is 25.0 Å². The summed E-state index contributed by atoms with van der Waals surface area (Å²) in [5.41, 5.74) is 3.31. The number of ketones is 1. The number of hydrogen-bond donors (Lipinski definition) is 0. The third-order valence-electron chi connectivity index (χ3n) is 4.59. The Bertz CT molecular complexity index is 923. The van der Waals surface area contributed by atoms with Crippen molar-refractivity contribution in [1.82, 2.24) is 0 Å². The van der Waals surface area contributed by atoms with Gasteiger partial charge in [-0.05, 0) is 49.1 Å². The van der Waals surface area contributed by atoms with Gasteiger partial charge in [0, 0.05) is 5.56 Å². The molecule has 0 N–H and O–H groups in total. The molecule has 0 bridgehead atoms. The molecule has 0 saturated heterocycles. The van der Waals surface area contributed by atoms with Crippen LogP contribution in [-0.2, 0) is 9.53 Å². The quantitative estimate of drug-likeness (QED) is 0.538. The van der Waals surface area contributed by atoms with E-state index in [9.17, 15) is 9.59 Å². The molecule has 0 saturated carbocycles. The lowest BCUT2D eigenvalue weighted by Gasteiger charge is -2.10. The van der Waals surface area contributed by atoms with Crippen LogP contribution in [0.4, 0.5) is 0 Å². The van der Waals surface area contributed by atoms with Gasteiger partial charge in [0.15, 0.2) is 12.4 Å². The number of esters is 1. The third kappa shape index (κ3) is 4.09. The average molecular weight is 380 g/mol. The lowest BCUT2D eigenvalue weighted by molar-refractivity contribution is -0.145. The molecule has 0 fully saturated rings. The summed E-state index contributed by atoms with van der Waals surface area (Å²) in [5, 5.41) is 0. The van der Waals surface area contributed by atoms with E-state index in [2.05, 4.69) is 26.0 Å². The van der Waals surface area contributed by atoms with E-state index in [-0.39, 0.29) is 18.1 Å². The van der Waals surface area contributed by atoms with Gasteiger partial charge < -0.3 is 14.2 Å². The molecule has 0 atom stereocenters. The van der Waals surface area contributed by atoms with Crippen LogP contribution in [0.3, 0.4) is 0 Å². The van der Waals surface area contributed by atoms with Crippen LogP contribution in [0.1, 0.15) is 53.7 Å². The highest BCUT2D eigenvalue weighted by Crippen LogP contribution is 2.39. The summed E-state index contributed by atoms with van der Waals surface area (Å²) in [5.74, 6) is 1.08. The zero-order valence-electron chi connectivity index (χ0n) is 16.6. The second kappa shape index (κ2) is 8.30. The second-order valence-corrected chi connectivity index (χ2v) is 6.92. The summed E-state index contributed by atoms with van der Waals surface area (Å²) in [6, 6.07) is 11.4. The van der Waals surface area contributed by atoms with Crippen molar-refractivity contribution in [3.05, 3.63) is 64.4 Å². The zero-order valence-corrected chi connectivity index (χ0v) is 16.6. The molecule has 1 aliphatic rings. The summed E-state index contributed by atoms with van der Waals surface area (Å²) >= 11 is 0. The third-order valence-corrected chi connectivity index (χ3v) is 4.59. The topological polar surface area (TPSA) is 61.8 Å². The van der Waals surface area contributed by atoms with Crippen LogP contribution in [0.15, 0.2) is 42.2 Å². The highest BCUT2D eigenvalue weighted by atomic mass is 16.6. The van der Waals surface area contributed by atoms with E-state index in [0.29, 0.717) is 35.2 Å². The van der Waals surface area contributed by atoms with Gasteiger partial charge in [-0.15, -0.1) is 0 Å². The van der Waals surface area contributed by atoms with E-state index in [4.69, 9.17) is 14.2 Å². The molecule has 0 amide bonds. The predicted octanol–water partition coefficient (Wildman–Crippen LogP) is 4.68. The van der Waals surface area contributed by atoms with Crippen LogP contribution >= 0.6 is 0 Å². The van der Waals surface area contributed by atoms with Crippen LogP contribution < -0.4 is 9.47 Å². The first kappa shape index (κ1) is 19.7. The molecule has 5 nitrogen and oxygen atoms in total. The summed E-state index contributed by atoms with van der Waals surface area (Å²) in [7, 11) is 0. The van der Waals surface area contributed by atoms with E-state index in [1.165, 1.54) is 5.56 Å². The minimum atomic E-state index is -0.440. The van der Waals surface area contributed by atoms with Crippen LogP contribution in [0.5, 0.6) is 11.5 Å². The SMILES string of the molecule is CCOC(=O)COc1ccc2c(c1C)O/C(=C\c1ccc(C(C)C)cc1)C2=O. The minimum Gasteiger partial charge on any atom is -0.481 e. The first-order valence-corrected chi connectivity index (χ1v) is 9.37. The Morgan fingerprint density at radius 2 is 1.86 bits per heavy atom. The molecule has 28 heavy (non-hydrogen) atoms. The fraction of sp³-hybridized carbons (Fsp3) is 0.304. The van der Waals surface area contributed by atoms with Crippen molar-refractivity contribution < 1.29 is 23.8 Å². The number of ether oxygens (including phenoxy) is 3. The Kier molecular flexibility index (Phi) is 5.83. The minimum absolute atomic E-state index is 0.164. The number of hydrogen-bond acceptors (Lipinski definition) is 5. The fourth-order valence-corrected chi connectivity index (χ4v) is 2.99. The van der Waals surface area contributed by atoms with Gasteiger partial charge in [0.05, 0.1) is 12.2 Å².